The van der Waals surface area contributed by atoms with Gasteiger partial charge in [0, 0.05) is 14.0 Å². The van der Waals surface area contributed by atoms with Gasteiger partial charge in [0.2, 0.25) is 5.90 Å². The van der Waals surface area contributed by atoms with Crippen LogP contribution in [0, 0.1) is 0 Å². The predicted octanol–water partition coefficient (Wildman–Crippen LogP) is 4.64. The Morgan fingerprint density at radius 1 is 1.29 bits per heavy atom. The Labute approximate surface area is 145 Å². The lowest BCUT2D eigenvalue weighted by molar-refractivity contribution is 0.0473. The van der Waals surface area contributed by atoms with Gasteiger partial charge in [0.15, 0.2) is 0 Å². The number of hydrogen-bond acceptors (Lipinski definition) is 4. The molecule has 4 nitrogen and oxygen atoms in total. The molecule has 24 heavy (non-hydrogen) atoms. The van der Waals surface area contributed by atoms with Gasteiger partial charge < -0.3 is 9.47 Å². The average molecular weight is 350 g/mol. The molecule has 6 heteroatoms. The van der Waals surface area contributed by atoms with Crippen LogP contribution in [-0.4, -0.2) is 31.4 Å². The third-order valence-corrected chi connectivity index (χ3v) is 2.94. The smallest absolute Gasteiger partial charge is 0.256 e. The van der Waals surface area contributed by atoms with Gasteiger partial charge in [0.25, 0.3) is 5.60 Å². The van der Waals surface area contributed by atoms with E-state index in [2.05, 4.69) is 16.6 Å². The highest BCUT2D eigenvalue weighted by Gasteiger charge is 2.17. The number of nitrogens with zero attached hydrogens (tertiary/aromatic N) is 2. The first-order chi connectivity index (χ1) is 11.2. The maximum Gasteiger partial charge on any atom is 0.256 e. The third-order valence-electron chi connectivity index (χ3n) is 2.82. The molecular formula is C18H24FN2O2P. The van der Waals surface area contributed by atoms with Gasteiger partial charge in [-0.05, 0) is 49.8 Å². The van der Waals surface area contributed by atoms with Gasteiger partial charge in [0.05, 0.1) is 12.8 Å². The number of allylic oxidation sites excluding steroid dienone is 1. The van der Waals surface area contributed by atoms with Crippen LogP contribution in [0.15, 0.2) is 52.5 Å². The van der Waals surface area contributed by atoms with Crippen molar-refractivity contribution in [2.75, 3.05) is 14.2 Å². The number of halogens is 1. The lowest BCUT2D eigenvalue weighted by Gasteiger charge is -2.17. The zero-order chi connectivity index (χ0) is 18.3. The van der Waals surface area contributed by atoms with Crippen LogP contribution in [0.4, 0.5) is 4.39 Å². The van der Waals surface area contributed by atoms with E-state index in [1.807, 2.05) is 29.2 Å². The molecule has 130 valence electrons. The fraction of sp³-hybridized carbons (Fsp3) is 0.333. The van der Waals surface area contributed by atoms with Crippen LogP contribution in [0.1, 0.15) is 26.3 Å². The van der Waals surface area contributed by atoms with Gasteiger partial charge in [0.1, 0.15) is 11.5 Å². The van der Waals surface area contributed by atoms with E-state index in [-0.39, 0.29) is 0 Å². The zero-order valence-corrected chi connectivity index (χ0v) is 15.9. The van der Waals surface area contributed by atoms with Crippen molar-refractivity contribution in [3.8, 4) is 5.75 Å². The summed E-state index contributed by atoms with van der Waals surface area (Å²) in [6, 6.07) is 6.84. The molecule has 0 aliphatic carbocycles. The van der Waals surface area contributed by atoms with Crippen LogP contribution < -0.4 is 4.74 Å². The first kappa shape index (κ1) is 20.0. The molecule has 1 aromatic carbocycles. The summed E-state index contributed by atoms with van der Waals surface area (Å²) in [6.45, 7) is 9.20. The monoisotopic (exact) mass is 350 g/mol. The Bertz CT molecular complexity index is 667. The molecule has 0 heterocycles. The summed E-state index contributed by atoms with van der Waals surface area (Å²) >= 11 is 0. The molecule has 0 aliphatic heterocycles. The van der Waals surface area contributed by atoms with Gasteiger partial charge in [-0.2, -0.15) is 4.39 Å². The lowest BCUT2D eigenvalue weighted by Crippen LogP contribution is -2.16. The first-order valence-electron chi connectivity index (χ1n) is 7.37. The summed E-state index contributed by atoms with van der Waals surface area (Å²) in [6.07, 6.45) is 1.88. The van der Waals surface area contributed by atoms with E-state index in [1.165, 1.54) is 14.0 Å². The van der Waals surface area contributed by atoms with Crippen molar-refractivity contribution in [1.82, 2.24) is 0 Å². The molecule has 0 radical (unpaired) electrons. The van der Waals surface area contributed by atoms with Crippen LogP contribution in [0.5, 0.6) is 5.75 Å². The molecule has 0 bridgehead atoms. The normalized spacial score (nSPS) is 14.6. The highest BCUT2D eigenvalue weighted by molar-refractivity contribution is 7.18. The van der Waals surface area contributed by atoms with Crippen molar-refractivity contribution in [2.45, 2.75) is 26.4 Å². The van der Waals surface area contributed by atoms with Crippen molar-refractivity contribution < 1.29 is 13.9 Å². The largest absolute Gasteiger partial charge is 0.479 e. The summed E-state index contributed by atoms with van der Waals surface area (Å²) < 4.78 is 23.9. The quantitative estimate of drug-likeness (QED) is 0.426. The van der Waals surface area contributed by atoms with Crippen molar-refractivity contribution in [2.24, 2.45) is 9.98 Å². The van der Waals surface area contributed by atoms with E-state index >= 15 is 0 Å². The summed E-state index contributed by atoms with van der Waals surface area (Å²) in [7, 11) is 5.20. The molecule has 0 spiro atoms. The standard InChI is InChI=1S/C18H24FN2O2P/c1-12(2)11-16(20-5)17(22-6)21-13(3)14-7-9-15(10-8-14)23-18(4,19)24/h7-11H,3,24H2,1-2,4-6H3. The molecule has 2 unspecified atom stereocenters. The summed E-state index contributed by atoms with van der Waals surface area (Å²) in [5.74, 6) is 0.799. The molecule has 0 aromatic heterocycles. The van der Waals surface area contributed by atoms with Gasteiger partial charge in [-0.1, -0.05) is 21.4 Å². The number of aliphatic imine (C=N–C) groups is 2. The number of benzene rings is 1. The minimum absolute atomic E-state index is 0.380. The van der Waals surface area contributed by atoms with Gasteiger partial charge in [-0.25, -0.2) is 4.99 Å². The van der Waals surface area contributed by atoms with Crippen molar-refractivity contribution in [3.63, 3.8) is 0 Å². The van der Waals surface area contributed by atoms with Crippen molar-refractivity contribution >= 4 is 26.5 Å². The zero-order valence-electron chi connectivity index (χ0n) is 14.8. The fourth-order valence-corrected chi connectivity index (χ4v) is 1.97. The second kappa shape index (κ2) is 8.74. The maximum absolute atomic E-state index is 13.4. The summed E-state index contributed by atoms with van der Waals surface area (Å²) in [4.78, 5) is 8.58. The minimum atomic E-state index is -1.81. The number of alkyl halides is 1. The Morgan fingerprint density at radius 2 is 1.88 bits per heavy atom. The van der Waals surface area contributed by atoms with Gasteiger partial charge in [-0.15, -0.1) is 0 Å². The maximum atomic E-state index is 13.4. The summed E-state index contributed by atoms with van der Waals surface area (Å²) in [5, 5.41) is 0. The van der Waals surface area contributed by atoms with E-state index in [4.69, 9.17) is 9.47 Å². The second-order valence-electron chi connectivity index (χ2n) is 5.51. The molecule has 0 N–H and O–H groups in total. The molecule has 0 amide bonds. The van der Waals surface area contributed by atoms with Crippen molar-refractivity contribution in [3.05, 3.63) is 48.1 Å². The predicted molar refractivity (Wildman–Crippen MR) is 103 cm³/mol. The molecule has 0 saturated carbocycles. The molecule has 1 rings (SSSR count). The van der Waals surface area contributed by atoms with Crippen LogP contribution in [0.25, 0.3) is 5.70 Å². The van der Waals surface area contributed by atoms with Gasteiger partial charge >= 0.3 is 0 Å². The van der Waals surface area contributed by atoms with Crippen LogP contribution in [0.2, 0.25) is 0 Å². The van der Waals surface area contributed by atoms with Crippen LogP contribution >= 0.6 is 9.24 Å². The van der Waals surface area contributed by atoms with Crippen molar-refractivity contribution in [1.29, 1.82) is 0 Å². The Hall–Kier alpha value is -2.00. The first-order valence-corrected chi connectivity index (χ1v) is 7.95. The van der Waals surface area contributed by atoms with E-state index < -0.39 is 5.60 Å². The molecule has 1 aromatic rings. The number of ether oxygens (including phenoxy) is 2. The molecule has 2 atom stereocenters. The van der Waals surface area contributed by atoms with E-state index in [9.17, 15) is 4.39 Å². The van der Waals surface area contributed by atoms with Crippen LogP contribution in [-0.2, 0) is 4.74 Å². The SMILES string of the molecule is C=C(N=C(OC)C(C=C(C)C)=NC)c1ccc(OC(C)(F)P)cc1. The van der Waals surface area contributed by atoms with E-state index in [0.29, 0.717) is 23.1 Å². The Balaban J connectivity index is 3.02. The minimum Gasteiger partial charge on any atom is -0.479 e. The Kier molecular flexibility index (Phi) is 7.30. The molecule has 0 aliphatic rings. The molecular weight excluding hydrogens is 326 g/mol. The van der Waals surface area contributed by atoms with E-state index in [1.54, 1.807) is 31.3 Å². The molecule has 0 saturated heterocycles. The van der Waals surface area contributed by atoms with Crippen LogP contribution in [0.3, 0.4) is 0 Å². The molecule has 0 fully saturated rings. The second-order valence-corrected chi connectivity index (χ2v) is 6.54. The fourth-order valence-electron chi connectivity index (χ4n) is 1.84. The summed E-state index contributed by atoms with van der Waals surface area (Å²) in [5.41, 5.74) is 1.19. The van der Waals surface area contributed by atoms with Gasteiger partial charge in [-0.3, -0.25) is 4.99 Å². The average Bonchev–Trinajstić information content (AvgIpc) is 2.49. The highest BCUT2D eigenvalue weighted by atomic mass is 31.0. The number of methoxy groups -OCH3 is 1. The highest BCUT2D eigenvalue weighted by Crippen LogP contribution is 2.26. The third kappa shape index (κ3) is 6.63. The number of hydrogen-bond donors (Lipinski definition) is 0. The number of rotatable bonds is 6. The van der Waals surface area contributed by atoms with E-state index in [0.717, 1.165) is 11.1 Å². The Morgan fingerprint density at radius 3 is 2.29 bits per heavy atom. The topological polar surface area (TPSA) is 43.2 Å². The lowest BCUT2D eigenvalue weighted by atomic mass is 10.1.